The molecule has 0 saturated heterocycles. The minimum atomic E-state index is -0.466. The minimum absolute atomic E-state index is 0.0802. The van der Waals surface area contributed by atoms with Gasteiger partial charge in [-0.3, -0.25) is 19.6 Å². The SMILES string of the molecule is CN(C)c1ccc(C(=O)N[C@@H]2CCCc3c2cnn3C)cc1[N+](=O)[O-]. The number of benzene rings is 1. The zero-order chi connectivity index (χ0) is 18.1. The first kappa shape index (κ1) is 16.9. The molecule has 0 unspecified atom stereocenters. The molecule has 0 spiro atoms. The highest BCUT2D eigenvalue weighted by atomic mass is 16.6. The molecule has 1 aliphatic carbocycles. The van der Waals surface area contributed by atoms with E-state index in [1.807, 2.05) is 11.7 Å². The number of anilines is 1. The van der Waals surface area contributed by atoms with Gasteiger partial charge >= 0.3 is 0 Å². The molecule has 1 amide bonds. The number of nitro groups is 1. The summed E-state index contributed by atoms with van der Waals surface area (Å²) in [7, 11) is 5.36. The normalized spacial score (nSPS) is 16.2. The van der Waals surface area contributed by atoms with Gasteiger partial charge in [-0.2, -0.15) is 5.10 Å². The Bertz CT molecular complexity index is 828. The van der Waals surface area contributed by atoms with Crippen LogP contribution >= 0.6 is 0 Å². The smallest absolute Gasteiger partial charge is 0.293 e. The van der Waals surface area contributed by atoms with Gasteiger partial charge in [0.25, 0.3) is 11.6 Å². The van der Waals surface area contributed by atoms with Gasteiger partial charge in [0.2, 0.25) is 0 Å². The second kappa shape index (κ2) is 6.54. The fraction of sp³-hybridized carbons (Fsp3) is 0.412. The van der Waals surface area contributed by atoms with E-state index in [-0.39, 0.29) is 23.2 Å². The Morgan fingerprint density at radius 2 is 2.20 bits per heavy atom. The van der Waals surface area contributed by atoms with E-state index in [4.69, 9.17) is 0 Å². The number of nitrogens with zero attached hydrogens (tertiary/aromatic N) is 4. The third kappa shape index (κ3) is 3.19. The van der Waals surface area contributed by atoms with Crippen molar-refractivity contribution in [2.24, 2.45) is 7.05 Å². The maximum Gasteiger partial charge on any atom is 0.293 e. The third-order valence-corrected chi connectivity index (χ3v) is 4.60. The number of rotatable bonds is 4. The Labute approximate surface area is 145 Å². The number of aromatic nitrogens is 2. The van der Waals surface area contributed by atoms with Crippen molar-refractivity contribution in [3.8, 4) is 0 Å². The zero-order valence-corrected chi connectivity index (χ0v) is 14.5. The van der Waals surface area contributed by atoms with Crippen LogP contribution in [0.3, 0.4) is 0 Å². The number of hydrogen-bond donors (Lipinski definition) is 1. The van der Waals surface area contributed by atoms with Crippen LogP contribution in [-0.2, 0) is 13.5 Å². The lowest BCUT2D eigenvalue weighted by Gasteiger charge is -2.24. The van der Waals surface area contributed by atoms with E-state index in [0.29, 0.717) is 5.69 Å². The Balaban J connectivity index is 1.85. The van der Waals surface area contributed by atoms with Gasteiger partial charge in [-0.1, -0.05) is 0 Å². The van der Waals surface area contributed by atoms with Gasteiger partial charge in [-0.05, 0) is 31.4 Å². The first-order valence-corrected chi connectivity index (χ1v) is 8.16. The van der Waals surface area contributed by atoms with Crippen LogP contribution < -0.4 is 10.2 Å². The summed E-state index contributed by atoms with van der Waals surface area (Å²) in [6.07, 6.45) is 4.54. The third-order valence-electron chi connectivity index (χ3n) is 4.60. The molecule has 25 heavy (non-hydrogen) atoms. The van der Waals surface area contributed by atoms with Gasteiger partial charge in [0.05, 0.1) is 17.2 Å². The molecule has 1 aromatic heterocycles. The van der Waals surface area contributed by atoms with Crippen LogP contribution in [0.4, 0.5) is 11.4 Å². The molecule has 1 N–H and O–H groups in total. The summed E-state index contributed by atoms with van der Waals surface area (Å²) in [6.45, 7) is 0. The predicted molar refractivity (Wildman–Crippen MR) is 93.8 cm³/mol. The van der Waals surface area contributed by atoms with Gasteiger partial charge in [0.15, 0.2) is 0 Å². The van der Waals surface area contributed by atoms with Crippen LogP contribution in [0.2, 0.25) is 0 Å². The molecule has 1 heterocycles. The summed E-state index contributed by atoms with van der Waals surface area (Å²) in [5.74, 6) is -0.310. The van der Waals surface area contributed by atoms with E-state index in [0.717, 1.165) is 30.5 Å². The van der Waals surface area contributed by atoms with Gasteiger partial charge < -0.3 is 10.2 Å². The molecule has 0 saturated carbocycles. The lowest BCUT2D eigenvalue weighted by molar-refractivity contribution is -0.384. The van der Waals surface area contributed by atoms with E-state index in [9.17, 15) is 14.9 Å². The summed E-state index contributed by atoms with van der Waals surface area (Å²) in [5.41, 5.74) is 2.83. The maximum atomic E-state index is 12.6. The van der Waals surface area contributed by atoms with Crippen molar-refractivity contribution < 1.29 is 9.72 Å². The molecular formula is C17H21N5O3. The van der Waals surface area contributed by atoms with Gasteiger partial charge in [0, 0.05) is 44.0 Å². The quantitative estimate of drug-likeness (QED) is 0.678. The van der Waals surface area contributed by atoms with Crippen LogP contribution in [0.15, 0.2) is 24.4 Å². The molecule has 8 nitrogen and oxygen atoms in total. The molecule has 0 aliphatic heterocycles. The number of carbonyl (C=O) groups is 1. The largest absolute Gasteiger partial charge is 0.372 e. The number of fused-ring (bicyclic) bond motifs is 1. The molecule has 1 aromatic carbocycles. The molecule has 1 atom stereocenters. The second-order valence-corrected chi connectivity index (χ2v) is 6.44. The first-order chi connectivity index (χ1) is 11.9. The number of amides is 1. The van der Waals surface area contributed by atoms with E-state index in [1.54, 1.807) is 37.3 Å². The Morgan fingerprint density at radius 3 is 2.88 bits per heavy atom. The molecule has 0 bridgehead atoms. The van der Waals surface area contributed by atoms with Crippen LogP contribution in [0.1, 0.15) is 40.5 Å². The van der Waals surface area contributed by atoms with E-state index in [2.05, 4.69) is 10.4 Å². The van der Waals surface area contributed by atoms with Gasteiger partial charge in [-0.25, -0.2) is 0 Å². The van der Waals surface area contributed by atoms with E-state index < -0.39 is 4.92 Å². The molecule has 1 aliphatic rings. The highest BCUT2D eigenvalue weighted by Gasteiger charge is 2.26. The van der Waals surface area contributed by atoms with Crippen LogP contribution in [-0.4, -0.2) is 34.7 Å². The Kier molecular flexibility index (Phi) is 4.43. The fourth-order valence-corrected chi connectivity index (χ4v) is 3.29. The Hall–Kier alpha value is -2.90. The minimum Gasteiger partial charge on any atom is -0.372 e. The van der Waals surface area contributed by atoms with E-state index in [1.165, 1.54) is 6.07 Å². The molecule has 0 fully saturated rings. The van der Waals surface area contributed by atoms with Crippen molar-refractivity contribution >= 4 is 17.3 Å². The Morgan fingerprint density at radius 1 is 1.44 bits per heavy atom. The maximum absolute atomic E-state index is 12.6. The lowest BCUT2D eigenvalue weighted by Crippen LogP contribution is -2.31. The molecule has 0 radical (unpaired) electrons. The van der Waals surface area contributed by atoms with E-state index >= 15 is 0 Å². The topological polar surface area (TPSA) is 93.3 Å². The van der Waals surface area contributed by atoms with Crippen molar-refractivity contribution in [3.63, 3.8) is 0 Å². The molecular weight excluding hydrogens is 322 g/mol. The summed E-state index contributed by atoms with van der Waals surface area (Å²) in [4.78, 5) is 25.1. The molecule has 3 rings (SSSR count). The van der Waals surface area contributed by atoms with Crippen molar-refractivity contribution in [3.05, 3.63) is 51.3 Å². The molecule has 132 valence electrons. The van der Waals surface area contributed by atoms with Crippen LogP contribution in [0, 0.1) is 10.1 Å². The number of hydrogen-bond acceptors (Lipinski definition) is 5. The highest BCUT2D eigenvalue weighted by molar-refractivity contribution is 5.96. The second-order valence-electron chi connectivity index (χ2n) is 6.44. The lowest BCUT2D eigenvalue weighted by atomic mass is 9.92. The zero-order valence-electron chi connectivity index (χ0n) is 14.5. The number of nitrogens with one attached hydrogen (secondary N) is 1. The average Bonchev–Trinajstić information content (AvgIpc) is 2.96. The predicted octanol–water partition coefficient (Wildman–Crippen LogP) is 2.20. The standard InChI is InChI=1S/C17H21N5O3/c1-20(2)15-8-7-11(9-16(15)22(24)25)17(23)19-13-5-4-6-14-12(13)10-18-21(14)3/h7-10,13H,4-6H2,1-3H3,(H,19,23)/t13-/m1/s1. The van der Waals surface area contributed by atoms with Crippen LogP contribution in [0.5, 0.6) is 0 Å². The summed E-state index contributed by atoms with van der Waals surface area (Å²) in [6, 6.07) is 4.43. The monoisotopic (exact) mass is 343 g/mol. The van der Waals surface area contributed by atoms with Crippen molar-refractivity contribution in [1.82, 2.24) is 15.1 Å². The van der Waals surface area contributed by atoms with Crippen molar-refractivity contribution in [2.45, 2.75) is 25.3 Å². The number of carbonyl (C=O) groups excluding carboxylic acids is 1. The molecule has 2 aromatic rings. The first-order valence-electron chi connectivity index (χ1n) is 8.16. The van der Waals surface area contributed by atoms with Crippen molar-refractivity contribution in [2.75, 3.05) is 19.0 Å². The highest BCUT2D eigenvalue weighted by Crippen LogP contribution is 2.31. The van der Waals surface area contributed by atoms with Gasteiger partial charge in [-0.15, -0.1) is 0 Å². The number of aryl methyl sites for hydroxylation is 1. The van der Waals surface area contributed by atoms with Crippen molar-refractivity contribution in [1.29, 1.82) is 0 Å². The van der Waals surface area contributed by atoms with Crippen LogP contribution in [0.25, 0.3) is 0 Å². The summed E-state index contributed by atoms with van der Waals surface area (Å²) < 4.78 is 1.84. The molecule has 8 heteroatoms. The van der Waals surface area contributed by atoms with Gasteiger partial charge in [0.1, 0.15) is 5.69 Å². The number of nitro benzene ring substituents is 1. The average molecular weight is 343 g/mol. The summed E-state index contributed by atoms with van der Waals surface area (Å²) in [5, 5.41) is 18.6. The fourth-order valence-electron chi connectivity index (χ4n) is 3.29. The summed E-state index contributed by atoms with van der Waals surface area (Å²) >= 11 is 0.